The highest BCUT2D eigenvalue weighted by atomic mass is 15.2. The standard InChI is InChI=1S/C18H26N2/c1-19-18-15-9-3-2-6-14(15)12-17(18)20-11-5-8-13-7-4-10-16(13)20/h2-3,6,9,13,16-19H,4-5,7-8,10-12H2,1H3. The summed E-state index contributed by atoms with van der Waals surface area (Å²) in [6, 6.07) is 11.1. The Hall–Kier alpha value is -0.860. The average molecular weight is 270 g/mol. The molecule has 2 fully saturated rings. The van der Waals surface area contributed by atoms with Crippen molar-refractivity contribution in [3.8, 4) is 0 Å². The summed E-state index contributed by atoms with van der Waals surface area (Å²) in [6.45, 7) is 1.32. The zero-order chi connectivity index (χ0) is 13.5. The normalized spacial score (nSPS) is 36.9. The molecule has 0 amide bonds. The molecule has 1 aliphatic heterocycles. The van der Waals surface area contributed by atoms with E-state index in [0.29, 0.717) is 12.1 Å². The highest BCUT2D eigenvalue weighted by molar-refractivity contribution is 5.37. The molecule has 1 saturated heterocycles. The summed E-state index contributed by atoms with van der Waals surface area (Å²) in [4.78, 5) is 2.88. The summed E-state index contributed by atoms with van der Waals surface area (Å²) in [7, 11) is 2.13. The van der Waals surface area contributed by atoms with Gasteiger partial charge in [0.1, 0.15) is 0 Å². The smallest absolute Gasteiger partial charge is 0.0481 e. The van der Waals surface area contributed by atoms with Crippen LogP contribution in [0.2, 0.25) is 0 Å². The number of nitrogens with zero attached hydrogens (tertiary/aromatic N) is 1. The predicted octanol–water partition coefficient (Wildman–Crippen LogP) is 3.14. The van der Waals surface area contributed by atoms with Crippen molar-refractivity contribution in [1.82, 2.24) is 10.2 Å². The van der Waals surface area contributed by atoms with Gasteiger partial charge in [0, 0.05) is 18.1 Å². The molecule has 4 unspecified atom stereocenters. The van der Waals surface area contributed by atoms with Crippen LogP contribution in [0, 0.1) is 5.92 Å². The molecule has 2 aliphatic carbocycles. The van der Waals surface area contributed by atoms with Crippen LogP contribution >= 0.6 is 0 Å². The fourth-order valence-corrected chi connectivity index (χ4v) is 5.13. The Labute approximate surface area is 122 Å². The van der Waals surface area contributed by atoms with E-state index < -0.39 is 0 Å². The van der Waals surface area contributed by atoms with Crippen LogP contribution in [0.1, 0.15) is 49.3 Å². The number of likely N-dealkylation sites (tertiary alicyclic amines) is 1. The van der Waals surface area contributed by atoms with Crippen molar-refractivity contribution < 1.29 is 0 Å². The quantitative estimate of drug-likeness (QED) is 0.888. The molecule has 20 heavy (non-hydrogen) atoms. The highest BCUT2D eigenvalue weighted by Gasteiger charge is 2.43. The summed E-state index contributed by atoms with van der Waals surface area (Å²) in [5, 5.41) is 3.61. The lowest BCUT2D eigenvalue weighted by molar-refractivity contribution is 0.0555. The van der Waals surface area contributed by atoms with Gasteiger partial charge in [0.25, 0.3) is 0 Å². The molecule has 3 aliphatic rings. The topological polar surface area (TPSA) is 15.3 Å². The fraction of sp³-hybridized carbons (Fsp3) is 0.667. The molecule has 1 heterocycles. The molecule has 4 atom stereocenters. The van der Waals surface area contributed by atoms with Gasteiger partial charge in [-0.05, 0) is 62.7 Å². The molecule has 1 aromatic rings. The Bertz CT molecular complexity index is 484. The zero-order valence-electron chi connectivity index (χ0n) is 12.5. The van der Waals surface area contributed by atoms with Gasteiger partial charge in [-0.2, -0.15) is 0 Å². The molecule has 108 valence electrons. The van der Waals surface area contributed by atoms with Crippen molar-refractivity contribution in [2.45, 2.75) is 56.7 Å². The third-order valence-electron chi connectivity index (χ3n) is 5.98. The molecule has 0 radical (unpaired) electrons. The number of nitrogens with one attached hydrogen (secondary N) is 1. The second-order valence-corrected chi connectivity index (χ2v) is 6.88. The lowest BCUT2D eigenvalue weighted by Gasteiger charge is -2.43. The van der Waals surface area contributed by atoms with Gasteiger partial charge in [0.15, 0.2) is 0 Å². The van der Waals surface area contributed by atoms with E-state index in [-0.39, 0.29) is 0 Å². The Morgan fingerprint density at radius 2 is 1.90 bits per heavy atom. The first-order valence-corrected chi connectivity index (χ1v) is 8.39. The van der Waals surface area contributed by atoms with Crippen molar-refractivity contribution in [2.75, 3.05) is 13.6 Å². The van der Waals surface area contributed by atoms with E-state index in [9.17, 15) is 0 Å². The van der Waals surface area contributed by atoms with E-state index in [4.69, 9.17) is 0 Å². The van der Waals surface area contributed by atoms with Crippen LogP contribution in [0.25, 0.3) is 0 Å². The number of likely N-dealkylation sites (N-methyl/N-ethyl adjacent to an activating group) is 1. The number of hydrogen-bond acceptors (Lipinski definition) is 2. The number of piperidine rings is 1. The SMILES string of the molecule is CNC1c2ccccc2CC1N1CCCC2CCCC21. The van der Waals surface area contributed by atoms with Crippen molar-refractivity contribution >= 4 is 0 Å². The van der Waals surface area contributed by atoms with E-state index >= 15 is 0 Å². The van der Waals surface area contributed by atoms with Gasteiger partial charge in [-0.3, -0.25) is 4.90 Å². The summed E-state index contributed by atoms with van der Waals surface area (Å²) in [5.41, 5.74) is 3.11. The number of hydrogen-bond donors (Lipinski definition) is 1. The van der Waals surface area contributed by atoms with Crippen LogP contribution < -0.4 is 5.32 Å². The van der Waals surface area contributed by atoms with Gasteiger partial charge >= 0.3 is 0 Å². The molecule has 0 spiro atoms. The Morgan fingerprint density at radius 1 is 1.05 bits per heavy atom. The maximum atomic E-state index is 3.61. The Balaban J connectivity index is 1.62. The summed E-state index contributed by atoms with van der Waals surface area (Å²) >= 11 is 0. The second-order valence-electron chi connectivity index (χ2n) is 6.88. The van der Waals surface area contributed by atoms with Crippen LogP contribution in [0.3, 0.4) is 0 Å². The predicted molar refractivity (Wildman–Crippen MR) is 82.8 cm³/mol. The first-order chi connectivity index (χ1) is 9.88. The largest absolute Gasteiger partial charge is 0.312 e. The van der Waals surface area contributed by atoms with Gasteiger partial charge in [0.2, 0.25) is 0 Å². The van der Waals surface area contributed by atoms with E-state index in [1.807, 2.05) is 0 Å². The molecule has 0 aromatic heterocycles. The summed E-state index contributed by atoms with van der Waals surface area (Å²) in [6.07, 6.45) is 8.50. The van der Waals surface area contributed by atoms with Crippen LogP contribution in [0.4, 0.5) is 0 Å². The van der Waals surface area contributed by atoms with E-state index in [1.54, 1.807) is 11.1 Å². The second kappa shape index (κ2) is 5.16. The van der Waals surface area contributed by atoms with E-state index in [1.165, 1.54) is 45.1 Å². The van der Waals surface area contributed by atoms with Gasteiger partial charge in [-0.15, -0.1) is 0 Å². The monoisotopic (exact) mass is 270 g/mol. The van der Waals surface area contributed by atoms with Gasteiger partial charge in [-0.25, -0.2) is 0 Å². The third-order valence-corrected chi connectivity index (χ3v) is 5.98. The summed E-state index contributed by atoms with van der Waals surface area (Å²) in [5.74, 6) is 0.991. The molecule has 2 nitrogen and oxygen atoms in total. The van der Waals surface area contributed by atoms with Gasteiger partial charge in [-0.1, -0.05) is 30.7 Å². The minimum atomic E-state index is 0.533. The number of benzene rings is 1. The van der Waals surface area contributed by atoms with E-state index in [0.717, 1.165) is 12.0 Å². The zero-order valence-corrected chi connectivity index (χ0v) is 12.5. The molecule has 1 saturated carbocycles. The molecule has 4 rings (SSSR count). The van der Waals surface area contributed by atoms with Crippen LogP contribution in [0.15, 0.2) is 24.3 Å². The van der Waals surface area contributed by atoms with Gasteiger partial charge < -0.3 is 5.32 Å². The minimum Gasteiger partial charge on any atom is -0.312 e. The lowest BCUT2D eigenvalue weighted by atomic mass is 9.89. The lowest BCUT2D eigenvalue weighted by Crippen LogP contribution is -2.51. The average Bonchev–Trinajstić information content (AvgIpc) is 3.10. The van der Waals surface area contributed by atoms with Crippen LogP contribution in [-0.2, 0) is 6.42 Å². The number of fused-ring (bicyclic) bond motifs is 2. The van der Waals surface area contributed by atoms with E-state index in [2.05, 4.69) is 41.5 Å². The highest BCUT2D eigenvalue weighted by Crippen LogP contribution is 2.42. The molecule has 0 bridgehead atoms. The molecule has 2 heteroatoms. The Kier molecular flexibility index (Phi) is 3.31. The van der Waals surface area contributed by atoms with Crippen molar-refractivity contribution in [1.29, 1.82) is 0 Å². The first kappa shape index (κ1) is 12.8. The number of rotatable bonds is 2. The maximum Gasteiger partial charge on any atom is 0.0481 e. The Morgan fingerprint density at radius 3 is 2.80 bits per heavy atom. The third kappa shape index (κ3) is 1.93. The van der Waals surface area contributed by atoms with Crippen molar-refractivity contribution in [2.24, 2.45) is 5.92 Å². The van der Waals surface area contributed by atoms with Gasteiger partial charge in [0.05, 0.1) is 0 Å². The van der Waals surface area contributed by atoms with Crippen LogP contribution in [-0.4, -0.2) is 30.6 Å². The minimum absolute atomic E-state index is 0.533. The van der Waals surface area contributed by atoms with Crippen molar-refractivity contribution in [3.05, 3.63) is 35.4 Å². The molecule has 1 aromatic carbocycles. The summed E-state index contributed by atoms with van der Waals surface area (Å²) < 4.78 is 0. The maximum absolute atomic E-state index is 3.61. The fourth-order valence-electron chi connectivity index (χ4n) is 5.13. The first-order valence-electron chi connectivity index (χ1n) is 8.39. The van der Waals surface area contributed by atoms with Crippen molar-refractivity contribution in [3.63, 3.8) is 0 Å². The molecule has 1 N–H and O–H groups in total. The molecular weight excluding hydrogens is 244 g/mol. The molecular formula is C18H26N2. The van der Waals surface area contributed by atoms with Crippen LogP contribution in [0.5, 0.6) is 0 Å².